The number of nitrogens with two attached hydrogens (primary N) is 1. The summed E-state index contributed by atoms with van der Waals surface area (Å²) in [7, 11) is -1.75. The Balaban J connectivity index is 1.92. The molecule has 0 saturated carbocycles. The van der Waals surface area contributed by atoms with Crippen LogP contribution in [0.4, 0.5) is 0 Å². The van der Waals surface area contributed by atoms with Crippen LogP contribution in [0.1, 0.15) is 32.1 Å². The molecule has 0 bridgehead atoms. The van der Waals surface area contributed by atoms with Crippen LogP contribution in [0.2, 0.25) is 0 Å². The first-order valence-electron chi connectivity index (χ1n) is 7.22. The van der Waals surface area contributed by atoms with Crippen molar-refractivity contribution in [2.24, 2.45) is 5.73 Å². The summed E-state index contributed by atoms with van der Waals surface area (Å²) in [6.45, 7) is 3.13. The molecular formula is C12H26N4O2S. The second-order valence-electron chi connectivity index (χ2n) is 5.58. The van der Waals surface area contributed by atoms with Crippen molar-refractivity contribution in [1.82, 2.24) is 13.9 Å². The highest BCUT2D eigenvalue weighted by Crippen LogP contribution is 2.27. The third-order valence-electron chi connectivity index (χ3n) is 4.24. The Labute approximate surface area is 116 Å². The molecule has 0 radical (unpaired) electrons. The van der Waals surface area contributed by atoms with Gasteiger partial charge in [0.15, 0.2) is 0 Å². The van der Waals surface area contributed by atoms with Gasteiger partial charge in [0.25, 0.3) is 10.2 Å². The Morgan fingerprint density at radius 1 is 1.32 bits per heavy atom. The largest absolute Gasteiger partial charge is 0.330 e. The number of nitrogens with zero attached hydrogens (tertiary/aromatic N) is 2. The van der Waals surface area contributed by atoms with E-state index in [0.29, 0.717) is 25.6 Å². The van der Waals surface area contributed by atoms with E-state index in [9.17, 15) is 8.42 Å². The molecule has 6 nitrogen and oxygen atoms in total. The molecule has 2 fully saturated rings. The molecule has 2 aliphatic heterocycles. The molecule has 2 unspecified atom stereocenters. The van der Waals surface area contributed by atoms with E-state index >= 15 is 0 Å². The van der Waals surface area contributed by atoms with Crippen LogP contribution in [0.25, 0.3) is 0 Å². The highest BCUT2D eigenvalue weighted by atomic mass is 32.2. The number of fused-ring (bicyclic) bond motifs is 1. The van der Waals surface area contributed by atoms with Crippen molar-refractivity contribution in [2.75, 3.05) is 33.2 Å². The van der Waals surface area contributed by atoms with Crippen molar-refractivity contribution in [3.8, 4) is 0 Å². The average molecular weight is 290 g/mol. The van der Waals surface area contributed by atoms with Crippen molar-refractivity contribution in [3.05, 3.63) is 0 Å². The number of hydrogen-bond donors (Lipinski definition) is 2. The van der Waals surface area contributed by atoms with Crippen LogP contribution in [0.5, 0.6) is 0 Å². The topological polar surface area (TPSA) is 78.7 Å². The molecule has 2 atom stereocenters. The summed E-state index contributed by atoms with van der Waals surface area (Å²) in [4.78, 5) is 2.43. The molecule has 0 aromatic rings. The predicted molar refractivity (Wildman–Crippen MR) is 76.0 cm³/mol. The summed E-state index contributed by atoms with van der Waals surface area (Å²) >= 11 is 0. The lowest BCUT2D eigenvalue weighted by Crippen LogP contribution is -2.50. The Morgan fingerprint density at radius 2 is 2.11 bits per heavy atom. The minimum atomic E-state index is -3.37. The van der Waals surface area contributed by atoms with Gasteiger partial charge in [-0.25, -0.2) is 0 Å². The van der Waals surface area contributed by atoms with Crippen molar-refractivity contribution in [3.63, 3.8) is 0 Å². The standard InChI is InChI=1S/C12H26N4O2S/c1-15(8-4-7-13)19(17,18)14-11-6-10-16-9-3-2-5-12(11)16/h11-12,14H,2-10,13H2,1H3. The van der Waals surface area contributed by atoms with Crippen molar-refractivity contribution >= 4 is 10.2 Å². The molecule has 0 spiro atoms. The maximum Gasteiger partial charge on any atom is 0.279 e. The minimum absolute atomic E-state index is 0.0747. The molecule has 0 aliphatic carbocycles. The number of nitrogens with one attached hydrogen (secondary N) is 1. The highest BCUT2D eigenvalue weighted by molar-refractivity contribution is 7.87. The van der Waals surface area contributed by atoms with Crippen LogP contribution in [-0.2, 0) is 10.2 Å². The van der Waals surface area contributed by atoms with E-state index in [-0.39, 0.29) is 6.04 Å². The summed E-state index contributed by atoms with van der Waals surface area (Å²) in [5, 5.41) is 0. The van der Waals surface area contributed by atoms with Gasteiger partial charge in [-0.05, 0) is 38.8 Å². The normalized spacial score (nSPS) is 28.8. The second kappa shape index (κ2) is 6.49. The molecule has 3 N–H and O–H groups in total. The van der Waals surface area contributed by atoms with Gasteiger partial charge < -0.3 is 5.73 Å². The quantitative estimate of drug-likeness (QED) is 0.706. The van der Waals surface area contributed by atoms with Gasteiger partial charge in [0, 0.05) is 32.2 Å². The summed E-state index contributed by atoms with van der Waals surface area (Å²) < 4.78 is 28.7. The Kier molecular flexibility index (Phi) is 5.19. The van der Waals surface area contributed by atoms with Crippen LogP contribution in [0.3, 0.4) is 0 Å². The molecular weight excluding hydrogens is 264 g/mol. The first kappa shape index (κ1) is 15.2. The van der Waals surface area contributed by atoms with Gasteiger partial charge in [-0.3, -0.25) is 4.90 Å². The van der Waals surface area contributed by atoms with Gasteiger partial charge in [0.05, 0.1) is 0 Å². The van der Waals surface area contributed by atoms with E-state index in [0.717, 1.165) is 25.9 Å². The van der Waals surface area contributed by atoms with Crippen LogP contribution < -0.4 is 10.5 Å². The van der Waals surface area contributed by atoms with E-state index in [1.54, 1.807) is 7.05 Å². The molecule has 2 saturated heterocycles. The maximum atomic E-state index is 12.2. The molecule has 2 rings (SSSR count). The minimum Gasteiger partial charge on any atom is -0.330 e. The molecule has 0 amide bonds. The second-order valence-corrected chi connectivity index (χ2v) is 7.39. The molecule has 2 aliphatic rings. The van der Waals surface area contributed by atoms with Gasteiger partial charge in [0.2, 0.25) is 0 Å². The Hall–Kier alpha value is -0.210. The summed E-state index contributed by atoms with van der Waals surface area (Å²) in [5.74, 6) is 0. The van der Waals surface area contributed by atoms with E-state index in [1.165, 1.54) is 17.1 Å². The van der Waals surface area contributed by atoms with Crippen LogP contribution >= 0.6 is 0 Å². The van der Waals surface area contributed by atoms with Gasteiger partial charge in [0.1, 0.15) is 0 Å². The lowest BCUT2D eigenvalue weighted by Gasteiger charge is -2.33. The first-order chi connectivity index (χ1) is 9.04. The van der Waals surface area contributed by atoms with E-state index < -0.39 is 10.2 Å². The van der Waals surface area contributed by atoms with Gasteiger partial charge in [-0.1, -0.05) is 6.42 Å². The third kappa shape index (κ3) is 3.66. The SMILES string of the molecule is CN(CCCN)S(=O)(=O)NC1CCN2CCCCC12. The van der Waals surface area contributed by atoms with Crippen LogP contribution in [0.15, 0.2) is 0 Å². The fourth-order valence-electron chi connectivity index (χ4n) is 3.10. The van der Waals surface area contributed by atoms with Crippen molar-refractivity contribution in [1.29, 1.82) is 0 Å². The summed E-state index contributed by atoms with van der Waals surface area (Å²) in [5.41, 5.74) is 5.42. The number of hydrogen-bond acceptors (Lipinski definition) is 4. The van der Waals surface area contributed by atoms with Gasteiger partial charge >= 0.3 is 0 Å². The zero-order chi connectivity index (χ0) is 13.9. The summed E-state index contributed by atoms with van der Waals surface area (Å²) in [6.07, 6.45) is 5.18. The zero-order valence-corrected chi connectivity index (χ0v) is 12.5. The zero-order valence-electron chi connectivity index (χ0n) is 11.7. The van der Waals surface area contributed by atoms with Gasteiger partial charge in [-0.2, -0.15) is 17.4 Å². The number of rotatable bonds is 6. The molecule has 112 valence electrons. The highest BCUT2D eigenvalue weighted by Gasteiger charge is 2.38. The predicted octanol–water partition coefficient (Wildman–Crippen LogP) is -0.272. The smallest absolute Gasteiger partial charge is 0.279 e. The monoisotopic (exact) mass is 290 g/mol. The Morgan fingerprint density at radius 3 is 2.84 bits per heavy atom. The van der Waals surface area contributed by atoms with Crippen molar-refractivity contribution in [2.45, 2.75) is 44.2 Å². The molecule has 0 aromatic carbocycles. The van der Waals surface area contributed by atoms with Crippen molar-refractivity contribution < 1.29 is 8.42 Å². The first-order valence-corrected chi connectivity index (χ1v) is 8.66. The lowest BCUT2D eigenvalue weighted by atomic mass is 10.00. The van der Waals surface area contributed by atoms with Crippen LogP contribution in [-0.4, -0.2) is 62.9 Å². The van der Waals surface area contributed by atoms with E-state index in [2.05, 4.69) is 9.62 Å². The van der Waals surface area contributed by atoms with E-state index in [1.807, 2.05) is 0 Å². The van der Waals surface area contributed by atoms with Crippen LogP contribution in [0, 0.1) is 0 Å². The fourth-order valence-corrected chi connectivity index (χ4v) is 4.31. The summed E-state index contributed by atoms with van der Waals surface area (Å²) in [6, 6.07) is 0.470. The van der Waals surface area contributed by atoms with E-state index in [4.69, 9.17) is 5.73 Å². The number of piperidine rings is 1. The Bertz CT molecular complexity index is 387. The average Bonchev–Trinajstić information content (AvgIpc) is 2.79. The lowest BCUT2D eigenvalue weighted by molar-refractivity contribution is 0.185. The molecule has 7 heteroatoms. The third-order valence-corrected chi connectivity index (χ3v) is 5.85. The molecule has 0 aromatic heterocycles. The molecule has 19 heavy (non-hydrogen) atoms. The fraction of sp³-hybridized carbons (Fsp3) is 1.00. The molecule has 2 heterocycles. The van der Waals surface area contributed by atoms with Gasteiger partial charge in [-0.15, -0.1) is 0 Å². The maximum absolute atomic E-state index is 12.2.